The second-order valence-electron chi connectivity index (χ2n) is 11.6. The average molecular weight is 597 g/mol. The molecule has 0 bridgehead atoms. The largest absolute Gasteiger partial charge is 0.450 e. The first-order valence-electron chi connectivity index (χ1n) is 17.3. The summed E-state index contributed by atoms with van der Waals surface area (Å²) in [6.45, 7) is 7.20. The van der Waals surface area contributed by atoms with Crippen molar-refractivity contribution >= 4 is 23.6 Å². The van der Waals surface area contributed by atoms with Gasteiger partial charge in [-0.1, -0.05) is 117 Å². The van der Waals surface area contributed by atoms with Crippen molar-refractivity contribution in [3.8, 4) is 0 Å². The Morgan fingerprint density at radius 2 is 0.952 bits per heavy atom. The van der Waals surface area contributed by atoms with Gasteiger partial charge in [-0.15, -0.1) is 0 Å². The molecule has 0 aromatic heterocycles. The van der Waals surface area contributed by atoms with Crippen molar-refractivity contribution in [3.05, 3.63) is 0 Å². The van der Waals surface area contributed by atoms with Gasteiger partial charge in [0.25, 0.3) is 5.91 Å². The molecule has 2 atom stereocenters. The minimum absolute atomic E-state index is 0.159. The number of hydrogen-bond acceptors (Lipinski definition) is 7. The lowest BCUT2D eigenvalue weighted by molar-refractivity contribution is -0.176. The molecule has 3 N–H and O–H groups in total. The highest BCUT2D eigenvalue weighted by Gasteiger charge is 2.39. The highest BCUT2D eigenvalue weighted by Crippen LogP contribution is 2.17. The third kappa shape index (κ3) is 22.6. The van der Waals surface area contributed by atoms with Gasteiger partial charge in [-0.2, -0.15) is 0 Å². The van der Waals surface area contributed by atoms with Gasteiger partial charge in [0.15, 0.2) is 5.78 Å². The van der Waals surface area contributed by atoms with E-state index in [1.54, 1.807) is 0 Å². The standard InChI is InChI=1S/C34H64N2O6/c1-4-7-9-10-11-12-15-19-22-26-31(39)42-33(34(40)36-28-6-3)32(29(37)24-8-5-2)41-30(38)25-21-18-16-13-14-17-20-23-27-35/h32-33H,4-28,35H2,1-3H3,(H,36,40)/t32-,33+/m0/s1. The van der Waals surface area contributed by atoms with Crippen molar-refractivity contribution in [3.63, 3.8) is 0 Å². The maximum Gasteiger partial charge on any atom is 0.306 e. The maximum absolute atomic E-state index is 13.1. The van der Waals surface area contributed by atoms with Crippen LogP contribution < -0.4 is 11.1 Å². The Morgan fingerprint density at radius 3 is 1.40 bits per heavy atom. The van der Waals surface area contributed by atoms with Crippen LogP contribution in [0.3, 0.4) is 0 Å². The van der Waals surface area contributed by atoms with E-state index in [1.165, 1.54) is 38.5 Å². The molecular formula is C34H64N2O6. The number of esters is 2. The quantitative estimate of drug-likeness (QED) is 0.0650. The van der Waals surface area contributed by atoms with Crippen LogP contribution in [0.4, 0.5) is 0 Å². The third-order valence-electron chi connectivity index (χ3n) is 7.51. The molecule has 0 saturated heterocycles. The minimum atomic E-state index is -1.47. The predicted octanol–water partition coefficient (Wildman–Crippen LogP) is 7.49. The number of carbonyl (C=O) groups is 4. The van der Waals surface area contributed by atoms with Gasteiger partial charge in [0.1, 0.15) is 0 Å². The fourth-order valence-corrected chi connectivity index (χ4v) is 4.85. The first-order valence-corrected chi connectivity index (χ1v) is 17.3. The van der Waals surface area contributed by atoms with Crippen molar-refractivity contribution in [2.75, 3.05) is 13.1 Å². The molecule has 0 rings (SSSR count). The molecule has 246 valence electrons. The van der Waals surface area contributed by atoms with Gasteiger partial charge in [-0.25, -0.2) is 0 Å². The van der Waals surface area contributed by atoms with Crippen molar-refractivity contribution in [1.82, 2.24) is 5.32 Å². The Morgan fingerprint density at radius 1 is 0.524 bits per heavy atom. The van der Waals surface area contributed by atoms with E-state index in [4.69, 9.17) is 15.2 Å². The van der Waals surface area contributed by atoms with Crippen LogP contribution in [0.5, 0.6) is 0 Å². The van der Waals surface area contributed by atoms with E-state index in [0.717, 1.165) is 70.8 Å². The number of amides is 1. The monoisotopic (exact) mass is 596 g/mol. The predicted molar refractivity (Wildman–Crippen MR) is 170 cm³/mol. The Labute approximate surface area is 257 Å². The van der Waals surface area contributed by atoms with Crippen molar-refractivity contribution in [1.29, 1.82) is 0 Å². The Bertz CT molecular complexity index is 642. The molecule has 0 unspecified atom stereocenters. The number of hydrogen-bond donors (Lipinski definition) is 2. The topological polar surface area (TPSA) is 125 Å². The second-order valence-corrected chi connectivity index (χ2v) is 11.6. The van der Waals surface area contributed by atoms with E-state index >= 15 is 0 Å². The summed E-state index contributed by atoms with van der Waals surface area (Å²) >= 11 is 0. The number of rotatable bonds is 30. The summed E-state index contributed by atoms with van der Waals surface area (Å²) in [5.41, 5.74) is 5.53. The fraction of sp³-hybridized carbons (Fsp3) is 0.882. The molecule has 0 aliphatic rings. The summed E-state index contributed by atoms with van der Waals surface area (Å²) in [7, 11) is 0. The van der Waals surface area contributed by atoms with Crippen LogP contribution in [-0.4, -0.2) is 48.9 Å². The molecule has 0 aromatic carbocycles. The van der Waals surface area contributed by atoms with Gasteiger partial charge < -0.3 is 20.5 Å². The molecule has 0 aliphatic carbocycles. The molecule has 8 heteroatoms. The number of nitrogens with two attached hydrogens (primary N) is 1. The molecule has 0 aliphatic heterocycles. The fourth-order valence-electron chi connectivity index (χ4n) is 4.85. The van der Waals surface area contributed by atoms with E-state index in [9.17, 15) is 19.2 Å². The maximum atomic E-state index is 13.1. The van der Waals surface area contributed by atoms with Crippen molar-refractivity contribution in [2.24, 2.45) is 5.73 Å². The molecule has 0 saturated carbocycles. The number of Topliss-reactive ketones (excluding diaryl/α,β-unsaturated/α-hetero) is 1. The third-order valence-corrected chi connectivity index (χ3v) is 7.51. The Balaban J connectivity index is 4.98. The normalized spacial score (nSPS) is 12.5. The first-order chi connectivity index (χ1) is 20.4. The highest BCUT2D eigenvalue weighted by molar-refractivity contribution is 5.94. The van der Waals surface area contributed by atoms with Gasteiger partial charge in [0.05, 0.1) is 0 Å². The molecule has 0 spiro atoms. The number of carbonyl (C=O) groups excluding carboxylic acids is 4. The first kappa shape index (κ1) is 40.0. The lowest BCUT2D eigenvalue weighted by atomic mass is 10.0. The lowest BCUT2D eigenvalue weighted by Crippen LogP contribution is -2.50. The zero-order valence-corrected chi connectivity index (χ0v) is 27.4. The van der Waals surface area contributed by atoms with Crippen LogP contribution >= 0.6 is 0 Å². The van der Waals surface area contributed by atoms with Gasteiger partial charge in [0.2, 0.25) is 12.2 Å². The average Bonchev–Trinajstić information content (AvgIpc) is 2.98. The summed E-state index contributed by atoms with van der Waals surface area (Å²) < 4.78 is 11.2. The Hall–Kier alpha value is -1.96. The molecule has 0 radical (unpaired) electrons. The van der Waals surface area contributed by atoms with Gasteiger partial charge in [-0.05, 0) is 38.6 Å². The number of ether oxygens (including phenoxy) is 2. The molecular weight excluding hydrogens is 532 g/mol. The molecule has 1 amide bonds. The van der Waals surface area contributed by atoms with Crippen LogP contribution in [0, 0.1) is 0 Å². The second kappa shape index (κ2) is 29.1. The van der Waals surface area contributed by atoms with Crippen LogP contribution in [0.1, 0.15) is 168 Å². The summed E-state index contributed by atoms with van der Waals surface area (Å²) in [4.78, 5) is 51.7. The van der Waals surface area contributed by atoms with Crippen LogP contribution in [0.25, 0.3) is 0 Å². The Kier molecular flexibility index (Phi) is 27.8. The molecule has 8 nitrogen and oxygen atoms in total. The van der Waals surface area contributed by atoms with Crippen LogP contribution in [0.2, 0.25) is 0 Å². The zero-order valence-electron chi connectivity index (χ0n) is 27.4. The van der Waals surface area contributed by atoms with Crippen molar-refractivity contribution in [2.45, 2.75) is 181 Å². The van der Waals surface area contributed by atoms with E-state index in [2.05, 4.69) is 12.2 Å². The smallest absolute Gasteiger partial charge is 0.306 e. The summed E-state index contributed by atoms with van der Waals surface area (Å²) in [6, 6.07) is 0. The summed E-state index contributed by atoms with van der Waals surface area (Å²) in [5.74, 6) is -2.04. The minimum Gasteiger partial charge on any atom is -0.450 e. The van der Waals surface area contributed by atoms with Gasteiger partial charge >= 0.3 is 11.9 Å². The van der Waals surface area contributed by atoms with E-state index in [0.29, 0.717) is 32.2 Å². The summed E-state index contributed by atoms with van der Waals surface area (Å²) in [6.07, 6.45) is 18.0. The molecule has 42 heavy (non-hydrogen) atoms. The van der Waals surface area contributed by atoms with Gasteiger partial charge in [0, 0.05) is 25.8 Å². The van der Waals surface area contributed by atoms with Crippen LogP contribution in [-0.2, 0) is 28.7 Å². The van der Waals surface area contributed by atoms with Crippen LogP contribution in [0.15, 0.2) is 0 Å². The van der Waals surface area contributed by atoms with Gasteiger partial charge in [-0.3, -0.25) is 19.2 Å². The number of nitrogens with one attached hydrogen (secondary N) is 1. The molecule has 0 fully saturated rings. The molecule has 0 heterocycles. The number of ketones is 1. The number of unbranched alkanes of at least 4 members (excludes halogenated alkanes) is 16. The van der Waals surface area contributed by atoms with Crippen molar-refractivity contribution < 1.29 is 28.7 Å². The zero-order chi connectivity index (χ0) is 31.3. The van der Waals surface area contributed by atoms with E-state index < -0.39 is 30.1 Å². The summed E-state index contributed by atoms with van der Waals surface area (Å²) in [5, 5.41) is 2.73. The SMILES string of the molecule is CCCCCCCCCCCC(=O)O[C@@H](C(=O)NCCC)[C@@H](OC(=O)CCCCCCCCCCN)C(=O)CCCC. The van der Waals surface area contributed by atoms with E-state index in [-0.39, 0.29) is 25.0 Å². The molecule has 0 aromatic rings. The lowest BCUT2D eigenvalue weighted by Gasteiger charge is -2.25. The highest BCUT2D eigenvalue weighted by atomic mass is 16.6. The van der Waals surface area contributed by atoms with E-state index in [1.807, 2.05) is 13.8 Å².